The summed E-state index contributed by atoms with van der Waals surface area (Å²) in [6.07, 6.45) is 0.733. The molecule has 1 aromatic rings. The molecular weight excluding hydrogens is 270 g/mol. The second kappa shape index (κ2) is 7.70. The maximum Gasteiger partial charge on any atom is 0.325 e. The van der Waals surface area contributed by atoms with Gasteiger partial charge in [0.15, 0.2) is 0 Å². The molecule has 20 heavy (non-hydrogen) atoms. The van der Waals surface area contributed by atoms with Crippen molar-refractivity contribution in [2.75, 3.05) is 12.9 Å². The summed E-state index contributed by atoms with van der Waals surface area (Å²) < 4.78 is 4.93. The van der Waals surface area contributed by atoms with Gasteiger partial charge in [-0.25, -0.2) is 0 Å². The number of hydrogen-bond acceptors (Lipinski definition) is 4. The number of esters is 1. The summed E-state index contributed by atoms with van der Waals surface area (Å²) in [6.45, 7) is 8.09. The number of carbonyl (C=O) groups is 1. The summed E-state index contributed by atoms with van der Waals surface area (Å²) in [5.74, 6) is 0.674. The Hall–Kier alpha value is -1.00. The number of nitrogens with one attached hydrogen (secondary N) is 1. The molecule has 3 nitrogen and oxygen atoms in total. The molecule has 0 aromatic heterocycles. The van der Waals surface area contributed by atoms with E-state index in [1.807, 2.05) is 32.9 Å². The fourth-order valence-electron chi connectivity index (χ4n) is 2.18. The normalized spacial score (nSPS) is 14.1. The molecule has 0 radical (unpaired) electrons. The number of aryl methyl sites for hydroxylation is 1. The molecule has 4 heteroatoms. The number of carbonyl (C=O) groups excluding carboxylic acids is 1. The third-order valence-electron chi connectivity index (χ3n) is 3.20. The standard InChI is InChI=1S/C16H25NO2S/c1-12(2)17-16(4,15(18)19-5)10-11-20-14-9-7-6-8-13(14)3/h6-9,12,17H,10-11H2,1-5H3. The Morgan fingerprint density at radius 1 is 1.40 bits per heavy atom. The Morgan fingerprint density at radius 2 is 2.05 bits per heavy atom. The van der Waals surface area contributed by atoms with Crippen molar-refractivity contribution in [1.29, 1.82) is 0 Å². The van der Waals surface area contributed by atoms with E-state index in [9.17, 15) is 4.79 Å². The second-order valence-corrected chi connectivity index (χ2v) is 6.62. The molecule has 0 spiro atoms. The van der Waals surface area contributed by atoms with Gasteiger partial charge >= 0.3 is 5.97 Å². The highest BCUT2D eigenvalue weighted by atomic mass is 32.2. The van der Waals surface area contributed by atoms with Gasteiger partial charge in [-0.15, -0.1) is 11.8 Å². The van der Waals surface area contributed by atoms with Crippen LogP contribution in [0.5, 0.6) is 0 Å². The summed E-state index contributed by atoms with van der Waals surface area (Å²) in [5, 5.41) is 3.32. The molecule has 0 bridgehead atoms. The molecule has 0 saturated carbocycles. The van der Waals surface area contributed by atoms with Gasteiger partial charge < -0.3 is 4.74 Å². The van der Waals surface area contributed by atoms with E-state index in [-0.39, 0.29) is 12.0 Å². The monoisotopic (exact) mass is 295 g/mol. The van der Waals surface area contributed by atoms with Crippen LogP contribution in [-0.2, 0) is 9.53 Å². The van der Waals surface area contributed by atoms with Gasteiger partial charge in [0.1, 0.15) is 5.54 Å². The first kappa shape index (κ1) is 17.1. The Balaban J connectivity index is 2.63. The average molecular weight is 295 g/mol. The lowest BCUT2D eigenvalue weighted by Gasteiger charge is -2.30. The molecular formula is C16H25NO2S. The Morgan fingerprint density at radius 3 is 2.60 bits per heavy atom. The van der Waals surface area contributed by atoms with Crippen LogP contribution in [-0.4, -0.2) is 30.4 Å². The number of rotatable bonds is 7. The van der Waals surface area contributed by atoms with Gasteiger partial charge in [0.2, 0.25) is 0 Å². The Kier molecular flexibility index (Phi) is 6.56. The van der Waals surface area contributed by atoms with E-state index in [4.69, 9.17) is 4.74 Å². The predicted molar refractivity (Wildman–Crippen MR) is 85.2 cm³/mol. The topological polar surface area (TPSA) is 38.3 Å². The van der Waals surface area contributed by atoms with Crippen molar-refractivity contribution in [2.24, 2.45) is 0 Å². The number of thioether (sulfide) groups is 1. The zero-order valence-corrected chi connectivity index (χ0v) is 13.8. The highest BCUT2D eigenvalue weighted by Crippen LogP contribution is 2.25. The quantitative estimate of drug-likeness (QED) is 0.618. The molecule has 1 aromatic carbocycles. The zero-order valence-electron chi connectivity index (χ0n) is 13.0. The van der Waals surface area contributed by atoms with E-state index in [1.54, 1.807) is 11.8 Å². The maximum absolute atomic E-state index is 12.0. The number of ether oxygens (including phenoxy) is 1. The first-order chi connectivity index (χ1) is 9.39. The van der Waals surface area contributed by atoms with E-state index in [2.05, 4.69) is 24.4 Å². The van der Waals surface area contributed by atoms with Gasteiger partial charge in [-0.1, -0.05) is 18.2 Å². The van der Waals surface area contributed by atoms with Crippen LogP contribution in [0.25, 0.3) is 0 Å². The number of hydrogen-bond donors (Lipinski definition) is 1. The minimum atomic E-state index is -0.626. The Labute approximate surface area is 126 Å². The van der Waals surface area contributed by atoms with E-state index in [1.165, 1.54) is 17.6 Å². The van der Waals surface area contributed by atoms with Crippen LogP contribution in [0, 0.1) is 6.92 Å². The van der Waals surface area contributed by atoms with E-state index in [0.29, 0.717) is 0 Å². The second-order valence-electron chi connectivity index (χ2n) is 5.49. The first-order valence-electron chi connectivity index (χ1n) is 6.93. The van der Waals surface area contributed by atoms with Gasteiger partial charge in [0, 0.05) is 16.7 Å². The lowest BCUT2D eigenvalue weighted by atomic mass is 9.98. The van der Waals surface area contributed by atoms with Crippen molar-refractivity contribution in [2.45, 2.75) is 50.6 Å². The van der Waals surface area contributed by atoms with Crippen molar-refractivity contribution in [3.8, 4) is 0 Å². The molecule has 112 valence electrons. The molecule has 0 heterocycles. The molecule has 0 amide bonds. The smallest absolute Gasteiger partial charge is 0.325 e. The van der Waals surface area contributed by atoms with Crippen molar-refractivity contribution >= 4 is 17.7 Å². The van der Waals surface area contributed by atoms with Crippen molar-refractivity contribution < 1.29 is 9.53 Å². The number of methoxy groups -OCH3 is 1. The minimum absolute atomic E-state index is 0.198. The van der Waals surface area contributed by atoms with Gasteiger partial charge in [-0.3, -0.25) is 10.1 Å². The summed E-state index contributed by atoms with van der Waals surface area (Å²) >= 11 is 1.78. The van der Waals surface area contributed by atoms with Crippen LogP contribution in [0.15, 0.2) is 29.2 Å². The number of benzene rings is 1. The summed E-state index contributed by atoms with van der Waals surface area (Å²) in [7, 11) is 1.44. The van der Waals surface area contributed by atoms with Crippen molar-refractivity contribution in [1.82, 2.24) is 5.32 Å². The zero-order chi connectivity index (χ0) is 15.2. The first-order valence-corrected chi connectivity index (χ1v) is 7.92. The van der Waals surface area contributed by atoms with Crippen LogP contribution in [0.4, 0.5) is 0 Å². The molecule has 1 N–H and O–H groups in total. The molecule has 0 fully saturated rings. The predicted octanol–water partition coefficient (Wildman–Crippen LogP) is 3.41. The van der Waals surface area contributed by atoms with Crippen molar-refractivity contribution in [3.63, 3.8) is 0 Å². The molecule has 1 atom stereocenters. The third-order valence-corrected chi connectivity index (χ3v) is 4.37. The third kappa shape index (κ3) is 4.84. The summed E-state index contributed by atoms with van der Waals surface area (Å²) in [4.78, 5) is 13.3. The average Bonchev–Trinajstić information content (AvgIpc) is 2.39. The fraction of sp³-hybridized carbons (Fsp3) is 0.562. The molecule has 1 rings (SSSR count). The van der Waals surface area contributed by atoms with Gasteiger partial charge in [0.05, 0.1) is 7.11 Å². The molecule has 1 unspecified atom stereocenters. The highest BCUT2D eigenvalue weighted by Gasteiger charge is 2.34. The van der Waals surface area contributed by atoms with Crippen molar-refractivity contribution in [3.05, 3.63) is 29.8 Å². The van der Waals surface area contributed by atoms with E-state index >= 15 is 0 Å². The van der Waals surface area contributed by atoms with Crippen LogP contribution in [0.1, 0.15) is 32.8 Å². The van der Waals surface area contributed by atoms with E-state index in [0.717, 1.165) is 12.2 Å². The lowest BCUT2D eigenvalue weighted by molar-refractivity contribution is -0.148. The molecule has 0 aliphatic rings. The van der Waals surface area contributed by atoms with Crippen LogP contribution >= 0.6 is 11.8 Å². The van der Waals surface area contributed by atoms with Gasteiger partial charge in [-0.05, 0) is 45.7 Å². The van der Waals surface area contributed by atoms with Gasteiger partial charge in [-0.2, -0.15) is 0 Å². The molecule has 0 aliphatic heterocycles. The SMILES string of the molecule is COC(=O)C(C)(CCSc1ccccc1C)NC(C)C. The summed E-state index contributed by atoms with van der Waals surface area (Å²) in [6, 6.07) is 8.54. The minimum Gasteiger partial charge on any atom is -0.468 e. The largest absolute Gasteiger partial charge is 0.468 e. The Bertz CT molecular complexity index is 448. The maximum atomic E-state index is 12.0. The molecule has 0 aliphatic carbocycles. The van der Waals surface area contributed by atoms with Crippen LogP contribution < -0.4 is 5.32 Å². The highest BCUT2D eigenvalue weighted by molar-refractivity contribution is 7.99. The lowest BCUT2D eigenvalue weighted by Crippen LogP contribution is -2.53. The fourth-order valence-corrected chi connectivity index (χ4v) is 3.38. The summed E-state index contributed by atoms with van der Waals surface area (Å²) in [5.41, 5.74) is 0.646. The molecule has 0 saturated heterocycles. The van der Waals surface area contributed by atoms with Gasteiger partial charge in [0.25, 0.3) is 0 Å². The van der Waals surface area contributed by atoms with Crippen LogP contribution in [0.2, 0.25) is 0 Å². The van der Waals surface area contributed by atoms with Crippen LogP contribution in [0.3, 0.4) is 0 Å². The van der Waals surface area contributed by atoms with E-state index < -0.39 is 5.54 Å².